The SMILES string of the molecule is COC1(C)CC(NC(=O)CCc2ccc(C(=O)O)cc2)C1(C)C. The normalized spacial score (nSPS) is 25.5. The van der Waals surface area contributed by atoms with Crippen molar-refractivity contribution in [3.8, 4) is 0 Å². The fraction of sp³-hybridized carbons (Fsp3) is 0.556. The average Bonchev–Trinajstić information content (AvgIpc) is 2.52. The fourth-order valence-electron chi connectivity index (χ4n) is 3.06. The molecule has 2 unspecified atom stereocenters. The number of methoxy groups -OCH3 is 1. The molecule has 5 heteroatoms. The zero-order valence-corrected chi connectivity index (χ0v) is 14.2. The molecule has 1 fully saturated rings. The smallest absolute Gasteiger partial charge is 0.335 e. The number of amides is 1. The monoisotopic (exact) mass is 319 g/mol. The van der Waals surface area contributed by atoms with Gasteiger partial charge in [-0.15, -0.1) is 0 Å². The molecule has 5 nitrogen and oxygen atoms in total. The van der Waals surface area contributed by atoms with Crippen molar-refractivity contribution in [3.05, 3.63) is 35.4 Å². The molecule has 1 aromatic rings. The first-order valence-electron chi connectivity index (χ1n) is 7.86. The highest BCUT2D eigenvalue weighted by Gasteiger charge is 2.58. The van der Waals surface area contributed by atoms with E-state index in [1.54, 1.807) is 31.4 Å². The van der Waals surface area contributed by atoms with Crippen molar-refractivity contribution in [1.82, 2.24) is 5.32 Å². The maximum atomic E-state index is 12.1. The van der Waals surface area contributed by atoms with Crippen LogP contribution in [0.4, 0.5) is 0 Å². The molecule has 1 aromatic carbocycles. The second kappa shape index (κ2) is 6.32. The van der Waals surface area contributed by atoms with Crippen LogP contribution >= 0.6 is 0 Å². The van der Waals surface area contributed by atoms with Gasteiger partial charge in [0.05, 0.1) is 11.2 Å². The van der Waals surface area contributed by atoms with Gasteiger partial charge in [0, 0.05) is 25.0 Å². The molecular weight excluding hydrogens is 294 g/mol. The largest absolute Gasteiger partial charge is 0.478 e. The number of hydrogen-bond acceptors (Lipinski definition) is 3. The average molecular weight is 319 g/mol. The van der Waals surface area contributed by atoms with Crippen LogP contribution in [0.3, 0.4) is 0 Å². The first-order valence-corrected chi connectivity index (χ1v) is 7.86. The number of ether oxygens (including phenoxy) is 1. The summed E-state index contributed by atoms with van der Waals surface area (Å²) >= 11 is 0. The molecule has 1 aliphatic rings. The van der Waals surface area contributed by atoms with Crippen LogP contribution in [-0.4, -0.2) is 35.7 Å². The summed E-state index contributed by atoms with van der Waals surface area (Å²) in [4.78, 5) is 22.9. The van der Waals surface area contributed by atoms with Crippen molar-refractivity contribution >= 4 is 11.9 Å². The lowest BCUT2D eigenvalue weighted by atomic mass is 9.56. The Morgan fingerprint density at radius 1 is 1.26 bits per heavy atom. The number of hydrogen-bond donors (Lipinski definition) is 2. The lowest BCUT2D eigenvalue weighted by molar-refractivity contribution is -0.182. The summed E-state index contributed by atoms with van der Waals surface area (Å²) < 4.78 is 5.56. The predicted octanol–water partition coefficient (Wildman–Crippen LogP) is 2.64. The molecule has 2 rings (SSSR count). The third-order valence-corrected chi connectivity index (χ3v) is 5.46. The van der Waals surface area contributed by atoms with Gasteiger partial charge in [-0.3, -0.25) is 4.79 Å². The lowest BCUT2D eigenvalue weighted by Gasteiger charge is -2.59. The van der Waals surface area contributed by atoms with E-state index in [9.17, 15) is 9.59 Å². The molecule has 0 heterocycles. The Labute approximate surface area is 137 Å². The Bertz CT molecular complexity index is 594. The minimum Gasteiger partial charge on any atom is -0.478 e. The summed E-state index contributed by atoms with van der Waals surface area (Å²) in [6.07, 6.45) is 1.80. The summed E-state index contributed by atoms with van der Waals surface area (Å²) in [5.74, 6) is -0.925. The highest BCUT2D eigenvalue weighted by atomic mass is 16.5. The number of aryl methyl sites for hydroxylation is 1. The number of carboxylic acids is 1. The van der Waals surface area contributed by atoms with Gasteiger partial charge in [0.2, 0.25) is 5.91 Å². The summed E-state index contributed by atoms with van der Waals surface area (Å²) in [5.41, 5.74) is 0.922. The molecule has 0 spiro atoms. The van der Waals surface area contributed by atoms with E-state index in [2.05, 4.69) is 26.1 Å². The third-order valence-electron chi connectivity index (χ3n) is 5.46. The van der Waals surface area contributed by atoms with Gasteiger partial charge in [0.1, 0.15) is 0 Å². The Hall–Kier alpha value is -1.88. The van der Waals surface area contributed by atoms with Gasteiger partial charge in [-0.25, -0.2) is 4.79 Å². The zero-order chi connectivity index (χ0) is 17.3. The molecule has 126 valence electrons. The molecule has 2 atom stereocenters. The standard InChI is InChI=1S/C18H25NO4/c1-17(2)14(11-18(17,3)23-4)19-15(20)10-7-12-5-8-13(9-6-12)16(21)22/h5-6,8-9,14H,7,10-11H2,1-4H3,(H,19,20)(H,21,22). The van der Waals surface area contributed by atoms with Crippen LogP contribution in [0, 0.1) is 5.41 Å². The van der Waals surface area contributed by atoms with Crippen molar-refractivity contribution in [2.24, 2.45) is 5.41 Å². The van der Waals surface area contributed by atoms with Crippen LogP contribution in [0.5, 0.6) is 0 Å². The van der Waals surface area contributed by atoms with Gasteiger partial charge in [-0.2, -0.15) is 0 Å². The van der Waals surface area contributed by atoms with Gasteiger partial charge in [0.25, 0.3) is 0 Å². The Kier molecular flexibility index (Phi) is 4.80. The van der Waals surface area contributed by atoms with Crippen LogP contribution < -0.4 is 5.32 Å². The molecule has 1 aliphatic carbocycles. The van der Waals surface area contributed by atoms with E-state index in [-0.39, 0.29) is 28.5 Å². The second-order valence-electron chi connectivity index (χ2n) is 6.98. The number of benzene rings is 1. The van der Waals surface area contributed by atoms with Crippen LogP contribution in [-0.2, 0) is 16.0 Å². The Morgan fingerprint density at radius 2 is 1.87 bits per heavy atom. The number of nitrogens with one attached hydrogen (secondary N) is 1. The van der Waals surface area contributed by atoms with E-state index in [4.69, 9.17) is 9.84 Å². The molecule has 0 aromatic heterocycles. The van der Waals surface area contributed by atoms with Crippen molar-refractivity contribution in [2.75, 3.05) is 7.11 Å². The molecule has 23 heavy (non-hydrogen) atoms. The number of aromatic carboxylic acids is 1. The van der Waals surface area contributed by atoms with Gasteiger partial charge in [-0.1, -0.05) is 26.0 Å². The Balaban J connectivity index is 1.83. The lowest BCUT2D eigenvalue weighted by Crippen LogP contribution is -2.68. The topological polar surface area (TPSA) is 75.6 Å². The number of carboxylic acid groups (broad SMARTS) is 1. The highest BCUT2D eigenvalue weighted by Crippen LogP contribution is 2.51. The van der Waals surface area contributed by atoms with Gasteiger partial charge < -0.3 is 15.2 Å². The van der Waals surface area contributed by atoms with E-state index < -0.39 is 5.97 Å². The van der Waals surface area contributed by atoms with E-state index in [1.807, 2.05) is 0 Å². The molecule has 1 amide bonds. The van der Waals surface area contributed by atoms with Gasteiger partial charge >= 0.3 is 5.97 Å². The van der Waals surface area contributed by atoms with Crippen LogP contribution in [0.25, 0.3) is 0 Å². The van der Waals surface area contributed by atoms with Crippen LogP contribution in [0.15, 0.2) is 24.3 Å². The van der Waals surface area contributed by atoms with E-state index in [1.165, 1.54) is 0 Å². The third kappa shape index (κ3) is 3.39. The minimum absolute atomic E-state index is 0.0172. The molecule has 0 saturated heterocycles. The summed E-state index contributed by atoms with van der Waals surface area (Å²) in [5, 5.41) is 11.9. The van der Waals surface area contributed by atoms with E-state index >= 15 is 0 Å². The molecular formula is C18H25NO4. The van der Waals surface area contributed by atoms with Gasteiger partial charge in [-0.05, 0) is 37.5 Å². The molecule has 0 bridgehead atoms. The summed E-state index contributed by atoms with van der Waals surface area (Å²) in [6.45, 7) is 6.28. The maximum Gasteiger partial charge on any atom is 0.335 e. The first-order chi connectivity index (χ1) is 10.7. The van der Waals surface area contributed by atoms with Crippen LogP contribution in [0.1, 0.15) is 49.5 Å². The van der Waals surface area contributed by atoms with Crippen molar-refractivity contribution in [2.45, 2.75) is 51.7 Å². The number of carbonyl (C=O) groups is 2. The minimum atomic E-state index is -0.942. The molecule has 1 saturated carbocycles. The van der Waals surface area contributed by atoms with Crippen molar-refractivity contribution in [3.63, 3.8) is 0 Å². The van der Waals surface area contributed by atoms with Crippen molar-refractivity contribution in [1.29, 1.82) is 0 Å². The second-order valence-corrected chi connectivity index (χ2v) is 6.98. The maximum absolute atomic E-state index is 12.1. The first kappa shape index (κ1) is 17.5. The highest BCUT2D eigenvalue weighted by molar-refractivity contribution is 5.87. The molecule has 0 aliphatic heterocycles. The fourth-order valence-corrected chi connectivity index (χ4v) is 3.06. The zero-order valence-electron chi connectivity index (χ0n) is 14.2. The molecule has 2 N–H and O–H groups in total. The van der Waals surface area contributed by atoms with E-state index in [0.717, 1.165) is 12.0 Å². The summed E-state index contributed by atoms with van der Waals surface area (Å²) in [7, 11) is 1.71. The number of rotatable bonds is 6. The molecule has 0 radical (unpaired) electrons. The quantitative estimate of drug-likeness (QED) is 0.845. The number of carbonyl (C=O) groups excluding carboxylic acids is 1. The summed E-state index contributed by atoms with van der Waals surface area (Å²) in [6, 6.07) is 6.76. The predicted molar refractivity (Wildman–Crippen MR) is 87.5 cm³/mol. The van der Waals surface area contributed by atoms with Gasteiger partial charge in [0.15, 0.2) is 0 Å². The van der Waals surface area contributed by atoms with Crippen molar-refractivity contribution < 1.29 is 19.4 Å². The van der Waals surface area contributed by atoms with Crippen LogP contribution in [0.2, 0.25) is 0 Å². The van der Waals surface area contributed by atoms with E-state index in [0.29, 0.717) is 12.8 Å². The Morgan fingerprint density at radius 3 is 2.35 bits per heavy atom.